The zero-order valence-electron chi connectivity index (χ0n) is 12.5. The molecular formula is C17H25NO2. The van der Waals surface area contributed by atoms with Crippen molar-refractivity contribution in [3.63, 3.8) is 0 Å². The monoisotopic (exact) mass is 275 g/mol. The molecule has 0 fully saturated rings. The Labute approximate surface area is 122 Å². The number of rotatable bonds is 9. The smallest absolute Gasteiger partial charge is 0.148 e. The van der Waals surface area contributed by atoms with Gasteiger partial charge in [0.1, 0.15) is 12.4 Å². The third-order valence-corrected chi connectivity index (χ3v) is 3.93. The Hall–Kier alpha value is -1.50. The van der Waals surface area contributed by atoms with Crippen LogP contribution >= 0.6 is 0 Å². The summed E-state index contributed by atoms with van der Waals surface area (Å²) < 4.78 is 5.52. The molecule has 20 heavy (non-hydrogen) atoms. The number of aliphatic hydroxyl groups is 1. The van der Waals surface area contributed by atoms with E-state index in [0.29, 0.717) is 6.54 Å². The lowest BCUT2D eigenvalue weighted by molar-refractivity contribution is 0.113. The average molecular weight is 275 g/mol. The number of ether oxygens (including phenoxy) is 1. The molecule has 0 heterocycles. The average Bonchev–Trinajstić information content (AvgIpc) is 2.51. The summed E-state index contributed by atoms with van der Waals surface area (Å²) in [4.78, 5) is 0. The summed E-state index contributed by atoms with van der Waals surface area (Å²) in [5, 5.41) is 13.0. The number of benzene rings is 1. The second-order valence-corrected chi connectivity index (χ2v) is 5.07. The fourth-order valence-electron chi connectivity index (χ4n) is 2.15. The highest BCUT2D eigenvalue weighted by Crippen LogP contribution is 2.25. The van der Waals surface area contributed by atoms with Gasteiger partial charge in [0.25, 0.3) is 0 Å². The molecule has 1 rings (SSSR count). The standard InChI is InChI=1S/C17H25NO2/c1-4-11-20-16-10-8-7-9-15(16)12-18-13-17(5-2,6-3)14-19/h1,7-10,18-19H,5-6,11-14H2,2-3H3. The minimum absolute atomic E-state index is 0.0331. The van der Waals surface area contributed by atoms with Crippen molar-refractivity contribution < 1.29 is 9.84 Å². The van der Waals surface area contributed by atoms with Crippen molar-refractivity contribution in [1.82, 2.24) is 5.32 Å². The van der Waals surface area contributed by atoms with Gasteiger partial charge in [-0.05, 0) is 18.9 Å². The third-order valence-electron chi connectivity index (χ3n) is 3.93. The first-order chi connectivity index (χ1) is 9.71. The lowest BCUT2D eigenvalue weighted by Crippen LogP contribution is -2.36. The van der Waals surface area contributed by atoms with E-state index >= 15 is 0 Å². The van der Waals surface area contributed by atoms with E-state index in [1.54, 1.807) is 0 Å². The molecule has 0 amide bonds. The molecule has 0 aliphatic rings. The van der Waals surface area contributed by atoms with E-state index in [-0.39, 0.29) is 18.6 Å². The molecule has 0 spiro atoms. The van der Waals surface area contributed by atoms with Gasteiger partial charge in [0.15, 0.2) is 0 Å². The largest absolute Gasteiger partial charge is 0.481 e. The molecule has 1 aromatic rings. The van der Waals surface area contributed by atoms with Gasteiger partial charge in [0.05, 0.1) is 0 Å². The molecule has 1 aromatic carbocycles. The van der Waals surface area contributed by atoms with E-state index in [1.807, 2.05) is 24.3 Å². The highest BCUT2D eigenvalue weighted by molar-refractivity contribution is 5.33. The van der Waals surface area contributed by atoms with Crippen LogP contribution in [0, 0.1) is 17.8 Å². The SMILES string of the molecule is C#CCOc1ccccc1CNCC(CC)(CC)CO. The quantitative estimate of drug-likeness (QED) is 0.681. The van der Waals surface area contributed by atoms with Crippen molar-refractivity contribution in [2.45, 2.75) is 33.2 Å². The number of hydrogen-bond acceptors (Lipinski definition) is 3. The Morgan fingerprint density at radius 2 is 2.00 bits per heavy atom. The van der Waals surface area contributed by atoms with E-state index in [4.69, 9.17) is 11.2 Å². The second kappa shape index (κ2) is 8.63. The summed E-state index contributed by atoms with van der Waals surface area (Å²) >= 11 is 0. The first-order valence-corrected chi connectivity index (χ1v) is 7.17. The molecule has 2 N–H and O–H groups in total. The van der Waals surface area contributed by atoms with Gasteiger partial charge < -0.3 is 15.2 Å². The molecule has 0 bridgehead atoms. The van der Waals surface area contributed by atoms with E-state index in [2.05, 4.69) is 25.1 Å². The number of terminal acetylenes is 1. The maximum atomic E-state index is 9.56. The molecule has 0 aliphatic heterocycles. The highest BCUT2D eigenvalue weighted by Gasteiger charge is 2.24. The summed E-state index contributed by atoms with van der Waals surface area (Å²) in [6.45, 7) is 6.23. The van der Waals surface area contributed by atoms with Crippen LogP contribution in [-0.2, 0) is 6.54 Å². The first-order valence-electron chi connectivity index (χ1n) is 7.17. The van der Waals surface area contributed by atoms with Gasteiger partial charge in [0.2, 0.25) is 0 Å². The van der Waals surface area contributed by atoms with Gasteiger partial charge in [-0.3, -0.25) is 0 Å². The van der Waals surface area contributed by atoms with Gasteiger partial charge in [0, 0.05) is 30.7 Å². The predicted octanol–water partition coefficient (Wildman–Crippen LogP) is 2.59. The van der Waals surface area contributed by atoms with Crippen LogP contribution in [0.5, 0.6) is 5.75 Å². The van der Waals surface area contributed by atoms with Gasteiger partial charge in [-0.2, -0.15) is 0 Å². The Morgan fingerprint density at radius 3 is 2.60 bits per heavy atom. The minimum atomic E-state index is -0.0331. The van der Waals surface area contributed by atoms with Crippen molar-refractivity contribution in [2.24, 2.45) is 5.41 Å². The molecule has 0 saturated heterocycles. The van der Waals surface area contributed by atoms with Crippen molar-refractivity contribution in [3.05, 3.63) is 29.8 Å². The van der Waals surface area contributed by atoms with Crippen LogP contribution in [0.2, 0.25) is 0 Å². The third kappa shape index (κ3) is 4.56. The Bertz CT molecular complexity index is 425. The van der Waals surface area contributed by atoms with E-state index in [1.165, 1.54) is 0 Å². The normalized spacial score (nSPS) is 11.1. The van der Waals surface area contributed by atoms with Crippen molar-refractivity contribution >= 4 is 0 Å². The van der Waals surface area contributed by atoms with Crippen LogP contribution in [0.3, 0.4) is 0 Å². The second-order valence-electron chi connectivity index (χ2n) is 5.07. The van der Waals surface area contributed by atoms with Gasteiger partial charge in [-0.1, -0.05) is 38.0 Å². The van der Waals surface area contributed by atoms with Crippen LogP contribution in [-0.4, -0.2) is 24.9 Å². The summed E-state index contributed by atoms with van der Waals surface area (Å²) in [5.74, 6) is 3.30. The topological polar surface area (TPSA) is 41.5 Å². The molecule has 3 nitrogen and oxygen atoms in total. The van der Waals surface area contributed by atoms with Crippen molar-refractivity contribution in [3.8, 4) is 18.1 Å². The fraction of sp³-hybridized carbons (Fsp3) is 0.529. The first kappa shape index (κ1) is 16.6. The van der Waals surface area contributed by atoms with Gasteiger partial charge in [-0.25, -0.2) is 0 Å². The molecule has 3 heteroatoms. The van der Waals surface area contributed by atoms with Crippen LogP contribution in [0.15, 0.2) is 24.3 Å². The van der Waals surface area contributed by atoms with E-state index in [0.717, 1.165) is 30.7 Å². The van der Waals surface area contributed by atoms with E-state index < -0.39 is 0 Å². The molecule has 0 unspecified atom stereocenters. The maximum Gasteiger partial charge on any atom is 0.148 e. The maximum absolute atomic E-state index is 9.56. The Balaban J connectivity index is 2.59. The zero-order valence-corrected chi connectivity index (χ0v) is 12.5. The summed E-state index contributed by atoms with van der Waals surface area (Å²) in [6.07, 6.45) is 7.14. The Morgan fingerprint density at radius 1 is 1.30 bits per heavy atom. The lowest BCUT2D eigenvalue weighted by atomic mass is 9.83. The minimum Gasteiger partial charge on any atom is -0.481 e. The van der Waals surface area contributed by atoms with Gasteiger partial charge in [-0.15, -0.1) is 6.42 Å². The highest BCUT2D eigenvalue weighted by atomic mass is 16.5. The van der Waals surface area contributed by atoms with Crippen molar-refractivity contribution in [1.29, 1.82) is 0 Å². The van der Waals surface area contributed by atoms with Crippen molar-refractivity contribution in [2.75, 3.05) is 19.8 Å². The summed E-state index contributed by atoms with van der Waals surface area (Å²) in [5.41, 5.74) is 1.05. The molecule has 0 aromatic heterocycles. The molecule has 0 radical (unpaired) electrons. The molecular weight excluding hydrogens is 250 g/mol. The Kier molecular flexibility index (Phi) is 7.14. The van der Waals surface area contributed by atoms with Crippen LogP contribution in [0.25, 0.3) is 0 Å². The molecule has 0 aliphatic carbocycles. The lowest BCUT2D eigenvalue weighted by Gasteiger charge is -2.29. The number of nitrogens with one attached hydrogen (secondary N) is 1. The molecule has 0 saturated carbocycles. The number of hydrogen-bond donors (Lipinski definition) is 2. The number of para-hydroxylation sites is 1. The summed E-state index contributed by atoms with van der Waals surface area (Å²) in [6, 6.07) is 7.87. The zero-order chi connectivity index (χ0) is 14.8. The van der Waals surface area contributed by atoms with Crippen LogP contribution in [0.1, 0.15) is 32.3 Å². The number of aliphatic hydroxyl groups excluding tert-OH is 1. The molecule has 0 atom stereocenters. The predicted molar refractivity (Wildman–Crippen MR) is 82.6 cm³/mol. The van der Waals surface area contributed by atoms with Crippen LogP contribution < -0.4 is 10.1 Å². The molecule has 110 valence electrons. The van der Waals surface area contributed by atoms with Crippen LogP contribution in [0.4, 0.5) is 0 Å². The fourth-order valence-corrected chi connectivity index (χ4v) is 2.15. The van der Waals surface area contributed by atoms with Gasteiger partial charge >= 0.3 is 0 Å². The van der Waals surface area contributed by atoms with E-state index in [9.17, 15) is 5.11 Å². The summed E-state index contributed by atoms with van der Waals surface area (Å²) in [7, 11) is 0.